The Bertz CT molecular complexity index is 699. The Hall–Kier alpha value is -1.93. The Morgan fingerprint density at radius 2 is 2.00 bits per heavy atom. The highest BCUT2D eigenvalue weighted by molar-refractivity contribution is 7.89. The van der Waals surface area contributed by atoms with E-state index in [9.17, 15) is 18.0 Å². The van der Waals surface area contributed by atoms with Crippen LogP contribution in [0.1, 0.15) is 23.2 Å². The first-order valence-electron chi connectivity index (χ1n) is 6.81. The minimum Gasteiger partial charge on any atom is -0.480 e. The van der Waals surface area contributed by atoms with Crippen molar-refractivity contribution in [3.05, 3.63) is 29.8 Å². The zero-order valence-electron chi connectivity index (χ0n) is 12.4. The molecule has 0 aromatic heterocycles. The SMILES string of the molecule is CN(C)C(=O)c1cccc(S(=O)(=O)N2CCC[C@@H]2C(=O)O)c1. The van der Waals surface area contributed by atoms with E-state index in [1.54, 1.807) is 14.1 Å². The molecule has 1 aromatic rings. The number of hydrogen-bond acceptors (Lipinski definition) is 4. The number of hydrogen-bond donors (Lipinski definition) is 1. The molecule has 0 saturated carbocycles. The van der Waals surface area contributed by atoms with Crippen LogP contribution in [0.4, 0.5) is 0 Å². The lowest BCUT2D eigenvalue weighted by Crippen LogP contribution is -2.40. The quantitative estimate of drug-likeness (QED) is 0.875. The maximum atomic E-state index is 12.6. The van der Waals surface area contributed by atoms with Crippen molar-refractivity contribution in [3.8, 4) is 0 Å². The molecule has 7 nitrogen and oxygen atoms in total. The third-order valence-electron chi connectivity index (χ3n) is 3.58. The standard InChI is InChI=1S/C14H18N2O5S/c1-15(2)13(17)10-5-3-6-11(9-10)22(20,21)16-8-4-7-12(16)14(18)19/h3,5-6,9,12H,4,7-8H2,1-2H3,(H,18,19)/t12-/m1/s1. The van der Waals surface area contributed by atoms with E-state index in [1.165, 1.54) is 29.2 Å². The fourth-order valence-corrected chi connectivity index (χ4v) is 4.16. The van der Waals surface area contributed by atoms with Gasteiger partial charge in [-0.15, -0.1) is 0 Å². The number of carbonyl (C=O) groups is 2. The monoisotopic (exact) mass is 326 g/mol. The zero-order chi connectivity index (χ0) is 16.5. The number of nitrogens with zero attached hydrogens (tertiary/aromatic N) is 2. The van der Waals surface area contributed by atoms with E-state index in [0.29, 0.717) is 12.8 Å². The molecule has 1 heterocycles. The number of aliphatic carboxylic acids is 1. The predicted molar refractivity (Wildman–Crippen MR) is 79.0 cm³/mol. The molecule has 0 radical (unpaired) electrons. The summed E-state index contributed by atoms with van der Waals surface area (Å²) in [4.78, 5) is 24.4. The highest BCUT2D eigenvalue weighted by Gasteiger charge is 2.39. The molecular weight excluding hydrogens is 308 g/mol. The fourth-order valence-electron chi connectivity index (χ4n) is 2.46. The molecule has 1 aromatic carbocycles. The van der Waals surface area contributed by atoms with Gasteiger partial charge in [0.1, 0.15) is 6.04 Å². The number of benzene rings is 1. The maximum absolute atomic E-state index is 12.6. The van der Waals surface area contributed by atoms with Crippen LogP contribution in [-0.4, -0.2) is 61.3 Å². The van der Waals surface area contributed by atoms with E-state index in [-0.39, 0.29) is 22.9 Å². The average Bonchev–Trinajstić information content (AvgIpc) is 2.97. The second-order valence-corrected chi connectivity index (χ2v) is 7.23. The molecule has 1 atom stereocenters. The van der Waals surface area contributed by atoms with Gasteiger partial charge in [-0.2, -0.15) is 4.31 Å². The number of sulfonamides is 1. The molecule has 2 rings (SSSR count). The lowest BCUT2D eigenvalue weighted by molar-refractivity contribution is -0.140. The van der Waals surface area contributed by atoms with Crippen LogP contribution < -0.4 is 0 Å². The second-order valence-electron chi connectivity index (χ2n) is 5.34. The molecule has 1 aliphatic heterocycles. The van der Waals surface area contributed by atoms with Crippen LogP contribution in [0.5, 0.6) is 0 Å². The van der Waals surface area contributed by atoms with E-state index in [2.05, 4.69) is 0 Å². The molecule has 1 saturated heterocycles. The third kappa shape index (κ3) is 2.97. The van der Waals surface area contributed by atoms with Gasteiger partial charge in [0.2, 0.25) is 10.0 Å². The summed E-state index contributed by atoms with van der Waals surface area (Å²) in [6.07, 6.45) is 0.803. The van der Waals surface area contributed by atoms with Crippen LogP contribution >= 0.6 is 0 Å². The summed E-state index contributed by atoms with van der Waals surface area (Å²) in [6.45, 7) is 0.172. The molecule has 22 heavy (non-hydrogen) atoms. The van der Waals surface area contributed by atoms with Crippen LogP contribution in [0.25, 0.3) is 0 Å². The van der Waals surface area contributed by atoms with Crippen molar-refractivity contribution in [3.63, 3.8) is 0 Å². The lowest BCUT2D eigenvalue weighted by atomic mass is 10.2. The summed E-state index contributed by atoms with van der Waals surface area (Å²) in [6, 6.07) is 4.63. The largest absolute Gasteiger partial charge is 0.480 e. The van der Waals surface area contributed by atoms with Crippen LogP contribution in [0.3, 0.4) is 0 Å². The maximum Gasteiger partial charge on any atom is 0.322 e. The van der Waals surface area contributed by atoms with Gasteiger partial charge in [0.25, 0.3) is 5.91 Å². The number of rotatable bonds is 4. The normalized spacial score (nSPS) is 19.1. The Morgan fingerprint density at radius 3 is 2.59 bits per heavy atom. The summed E-state index contributed by atoms with van der Waals surface area (Å²) in [7, 11) is -0.785. The number of amides is 1. The topological polar surface area (TPSA) is 95.0 Å². The van der Waals surface area contributed by atoms with Crippen molar-refractivity contribution in [2.45, 2.75) is 23.8 Å². The zero-order valence-corrected chi connectivity index (χ0v) is 13.2. The van der Waals surface area contributed by atoms with Gasteiger partial charge in [0.05, 0.1) is 4.90 Å². The summed E-state index contributed by atoms with van der Waals surface area (Å²) in [5, 5.41) is 9.14. The van der Waals surface area contributed by atoms with E-state index in [1.807, 2.05) is 0 Å². The molecule has 1 amide bonds. The van der Waals surface area contributed by atoms with Crippen LogP contribution in [0.2, 0.25) is 0 Å². The summed E-state index contributed by atoms with van der Waals surface area (Å²) < 4.78 is 26.3. The van der Waals surface area contributed by atoms with Gasteiger partial charge in [-0.05, 0) is 31.0 Å². The second kappa shape index (κ2) is 6.05. The van der Waals surface area contributed by atoms with Gasteiger partial charge in [0.15, 0.2) is 0 Å². The Balaban J connectivity index is 2.40. The average molecular weight is 326 g/mol. The molecule has 0 bridgehead atoms. The third-order valence-corrected chi connectivity index (χ3v) is 5.49. The van der Waals surface area contributed by atoms with Crippen LogP contribution in [0, 0.1) is 0 Å². The number of carbonyl (C=O) groups excluding carboxylic acids is 1. The van der Waals surface area contributed by atoms with E-state index < -0.39 is 22.0 Å². The predicted octanol–water partition coefficient (Wildman–Crippen LogP) is 0.626. The Labute approximate surface area is 129 Å². The van der Waals surface area contributed by atoms with E-state index >= 15 is 0 Å². The highest BCUT2D eigenvalue weighted by Crippen LogP contribution is 2.26. The van der Waals surface area contributed by atoms with Crippen molar-refractivity contribution in [2.75, 3.05) is 20.6 Å². The van der Waals surface area contributed by atoms with E-state index in [4.69, 9.17) is 5.11 Å². The Morgan fingerprint density at radius 1 is 1.32 bits per heavy atom. The minimum atomic E-state index is -3.93. The van der Waals surface area contributed by atoms with Crippen molar-refractivity contribution in [2.24, 2.45) is 0 Å². The van der Waals surface area contributed by atoms with Gasteiger partial charge < -0.3 is 10.0 Å². The highest BCUT2D eigenvalue weighted by atomic mass is 32.2. The molecule has 0 spiro atoms. The van der Waals surface area contributed by atoms with Gasteiger partial charge in [0, 0.05) is 26.2 Å². The minimum absolute atomic E-state index is 0.0617. The van der Waals surface area contributed by atoms with Crippen molar-refractivity contribution < 1.29 is 23.1 Å². The first-order chi connectivity index (χ1) is 10.2. The van der Waals surface area contributed by atoms with Crippen molar-refractivity contribution >= 4 is 21.9 Å². The number of carboxylic acid groups (broad SMARTS) is 1. The molecule has 1 aliphatic rings. The molecule has 1 N–H and O–H groups in total. The van der Waals surface area contributed by atoms with Gasteiger partial charge in [-0.3, -0.25) is 9.59 Å². The summed E-state index contributed by atoms with van der Waals surface area (Å²) >= 11 is 0. The first kappa shape index (κ1) is 16.4. The first-order valence-corrected chi connectivity index (χ1v) is 8.25. The smallest absolute Gasteiger partial charge is 0.322 e. The van der Waals surface area contributed by atoms with Crippen molar-refractivity contribution in [1.29, 1.82) is 0 Å². The molecule has 1 fully saturated rings. The number of carboxylic acids is 1. The summed E-state index contributed by atoms with van der Waals surface area (Å²) in [5.41, 5.74) is 0.247. The van der Waals surface area contributed by atoms with Crippen LogP contribution in [-0.2, 0) is 14.8 Å². The van der Waals surface area contributed by atoms with E-state index in [0.717, 1.165) is 4.31 Å². The molecule has 8 heteroatoms. The van der Waals surface area contributed by atoms with Gasteiger partial charge in [-0.1, -0.05) is 6.07 Å². The van der Waals surface area contributed by atoms with Crippen LogP contribution in [0.15, 0.2) is 29.2 Å². The summed E-state index contributed by atoms with van der Waals surface area (Å²) in [5.74, 6) is -1.46. The molecular formula is C14H18N2O5S. The van der Waals surface area contributed by atoms with Gasteiger partial charge in [-0.25, -0.2) is 8.42 Å². The van der Waals surface area contributed by atoms with Gasteiger partial charge >= 0.3 is 5.97 Å². The molecule has 0 aliphatic carbocycles. The lowest BCUT2D eigenvalue weighted by Gasteiger charge is -2.21. The fraction of sp³-hybridized carbons (Fsp3) is 0.429. The molecule has 120 valence electrons. The Kier molecular flexibility index (Phi) is 4.52. The van der Waals surface area contributed by atoms with Crippen molar-refractivity contribution in [1.82, 2.24) is 9.21 Å². The molecule has 0 unspecified atom stereocenters.